The summed E-state index contributed by atoms with van der Waals surface area (Å²) in [7, 11) is 0. The van der Waals surface area contributed by atoms with Gasteiger partial charge in [0.1, 0.15) is 5.82 Å². The van der Waals surface area contributed by atoms with Crippen LogP contribution in [0.3, 0.4) is 0 Å². The molecule has 1 fully saturated rings. The van der Waals surface area contributed by atoms with E-state index in [1.165, 1.54) is 11.3 Å². The predicted molar refractivity (Wildman–Crippen MR) is 96.4 cm³/mol. The summed E-state index contributed by atoms with van der Waals surface area (Å²) < 4.78 is 0. The number of nitrogens with zero attached hydrogens (tertiary/aromatic N) is 4. The standard InChI is InChI=1S/C17H23N5OS/c1-17(2,3)13-11-24-16(20-13)21-15(23)12-5-4-8-22(10-12)14-9-18-6-7-19-14/h6-7,9,11-12H,4-5,8,10H2,1-3H3,(H,20,21,23). The number of nitrogens with one attached hydrogen (secondary N) is 1. The lowest BCUT2D eigenvalue weighted by atomic mass is 9.93. The molecule has 128 valence electrons. The van der Waals surface area contributed by atoms with Crippen LogP contribution >= 0.6 is 11.3 Å². The van der Waals surface area contributed by atoms with Crippen LogP contribution < -0.4 is 10.2 Å². The third-order valence-corrected chi connectivity index (χ3v) is 4.93. The molecule has 24 heavy (non-hydrogen) atoms. The van der Waals surface area contributed by atoms with Crippen LogP contribution in [0.25, 0.3) is 0 Å². The zero-order valence-electron chi connectivity index (χ0n) is 14.3. The molecule has 0 aromatic carbocycles. The van der Waals surface area contributed by atoms with Crippen LogP contribution in [-0.4, -0.2) is 33.9 Å². The van der Waals surface area contributed by atoms with E-state index < -0.39 is 0 Å². The van der Waals surface area contributed by atoms with E-state index in [0.29, 0.717) is 11.7 Å². The minimum absolute atomic E-state index is 0.00685. The highest BCUT2D eigenvalue weighted by atomic mass is 32.1. The van der Waals surface area contributed by atoms with Gasteiger partial charge >= 0.3 is 0 Å². The molecule has 1 aliphatic heterocycles. The average molecular weight is 345 g/mol. The first-order valence-electron chi connectivity index (χ1n) is 8.21. The van der Waals surface area contributed by atoms with Gasteiger partial charge in [-0.3, -0.25) is 9.78 Å². The Balaban J connectivity index is 1.63. The maximum Gasteiger partial charge on any atom is 0.231 e. The molecule has 0 bridgehead atoms. The van der Waals surface area contributed by atoms with Crippen molar-refractivity contribution < 1.29 is 4.79 Å². The van der Waals surface area contributed by atoms with Crippen molar-refractivity contribution >= 4 is 28.2 Å². The zero-order chi connectivity index (χ0) is 17.2. The van der Waals surface area contributed by atoms with Crippen LogP contribution in [0.5, 0.6) is 0 Å². The van der Waals surface area contributed by atoms with Gasteiger partial charge in [0.2, 0.25) is 5.91 Å². The Kier molecular flexibility index (Phi) is 4.80. The Morgan fingerprint density at radius 2 is 2.21 bits per heavy atom. The van der Waals surface area contributed by atoms with E-state index in [2.05, 4.69) is 45.9 Å². The first-order valence-corrected chi connectivity index (χ1v) is 9.09. The van der Waals surface area contributed by atoms with Gasteiger partial charge in [0.15, 0.2) is 5.13 Å². The minimum atomic E-state index is -0.0530. The fraction of sp³-hybridized carbons (Fsp3) is 0.529. The van der Waals surface area contributed by atoms with E-state index in [9.17, 15) is 4.79 Å². The van der Waals surface area contributed by atoms with Gasteiger partial charge in [0.25, 0.3) is 0 Å². The summed E-state index contributed by atoms with van der Waals surface area (Å²) in [5.41, 5.74) is 1.00. The van der Waals surface area contributed by atoms with E-state index in [1.54, 1.807) is 18.6 Å². The molecule has 1 N–H and O–H groups in total. The number of hydrogen-bond acceptors (Lipinski definition) is 6. The summed E-state index contributed by atoms with van der Waals surface area (Å²) in [6.07, 6.45) is 6.95. The van der Waals surface area contributed by atoms with Gasteiger partial charge in [-0.25, -0.2) is 9.97 Å². The number of amides is 1. The fourth-order valence-electron chi connectivity index (χ4n) is 2.74. The van der Waals surface area contributed by atoms with Crippen LogP contribution in [0.1, 0.15) is 39.3 Å². The number of carbonyl (C=O) groups is 1. The Morgan fingerprint density at radius 3 is 2.88 bits per heavy atom. The lowest BCUT2D eigenvalue weighted by Crippen LogP contribution is -2.41. The molecular weight excluding hydrogens is 322 g/mol. The summed E-state index contributed by atoms with van der Waals surface area (Å²) >= 11 is 1.49. The lowest BCUT2D eigenvalue weighted by molar-refractivity contribution is -0.120. The van der Waals surface area contributed by atoms with Gasteiger partial charge in [-0.05, 0) is 12.8 Å². The second kappa shape index (κ2) is 6.84. The SMILES string of the molecule is CC(C)(C)c1csc(NC(=O)C2CCCN(c3cnccn3)C2)n1. The molecule has 0 spiro atoms. The topological polar surface area (TPSA) is 71.0 Å². The van der Waals surface area contributed by atoms with Crippen molar-refractivity contribution in [2.24, 2.45) is 5.92 Å². The molecule has 1 amide bonds. The van der Waals surface area contributed by atoms with Crippen molar-refractivity contribution in [2.45, 2.75) is 39.0 Å². The van der Waals surface area contributed by atoms with Crippen LogP contribution in [0.4, 0.5) is 10.9 Å². The molecule has 3 heterocycles. The number of anilines is 2. The molecule has 3 rings (SSSR count). The normalized spacial score (nSPS) is 18.5. The highest BCUT2D eigenvalue weighted by molar-refractivity contribution is 7.13. The first-order chi connectivity index (χ1) is 11.4. The second-order valence-electron chi connectivity index (χ2n) is 7.13. The number of rotatable bonds is 3. The third kappa shape index (κ3) is 3.90. The first kappa shape index (κ1) is 16.8. The van der Waals surface area contributed by atoms with Crippen molar-refractivity contribution in [3.05, 3.63) is 29.7 Å². The van der Waals surface area contributed by atoms with Crippen LogP contribution in [0, 0.1) is 5.92 Å². The molecule has 0 saturated carbocycles. The number of thiazole rings is 1. The van der Waals surface area contributed by atoms with Crippen molar-refractivity contribution in [3.63, 3.8) is 0 Å². The Bertz CT molecular complexity index is 695. The molecule has 6 nitrogen and oxygen atoms in total. The van der Waals surface area contributed by atoms with E-state index in [4.69, 9.17) is 0 Å². The summed E-state index contributed by atoms with van der Waals surface area (Å²) in [4.78, 5) is 27.7. The van der Waals surface area contributed by atoms with Crippen LogP contribution in [-0.2, 0) is 10.2 Å². The summed E-state index contributed by atoms with van der Waals surface area (Å²) in [5.74, 6) is 0.820. The van der Waals surface area contributed by atoms with Gasteiger partial charge in [-0.1, -0.05) is 20.8 Å². The van der Waals surface area contributed by atoms with Gasteiger partial charge in [0, 0.05) is 36.3 Å². The van der Waals surface area contributed by atoms with Crippen LogP contribution in [0.2, 0.25) is 0 Å². The van der Waals surface area contributed by atoms with Gasteiger partial charge in [-0.2, -0.15) is 0 Å². The molecule has 0 radical (unpaired) electrons. The van der Waals surface area contributed by atoms with Crippen LogP contribution in [0.15, 0.2) is 24.0 Å². The quantitative estimate of drug-likeness (QED) is 0.925. The summed E-state index contributed by atoms with van der Waals surface area (Å²) in [5, 5.41) is 5.68. The van der Waals surface area contributed by atoms with E-state index in [0.717, 1.165) is 30.9 Å². The van der Waals surface area contributed by atoms with Gasteiger partial charge in [-0.15, -0.1) is 11.3 Å². The smallest absolute Gasteiger partial charge is 0.231 e. The Labute approximate surface area is 146 Å². The van der Waals surface area contributed by atoms with Gasteiger partial charge < -0.3 is 10.2 Å². The molecular formula is C17H23N5OS. The molecule has 1 aliphatic rings. The largest absolute Gasteiger partial charge is 0.355 e. The number of piperidine rings is 1. The van der Waals surface area contributed by atoms with E-state index in [1.807, 2.05) is 5.38 Å². The Morgan fingerprint density at radius 1 is 1.38 bits per heavy atom. The minimum Gasteiger partial charge on any atom is -0.355 e. The zero-order valence-corrected chi connectivity index (χ0v) is 15.1. The molecule has 1 saturated heterocycles. The van der Waals surface area contributed by atoms with Gasteiger partial charge in [0.05, 0.1) is 17.8 Å². The number of hydrogen-bond donors (Lipinski definition) is 1. The number of aromatic nitrogens is 3. The Hall–Kier alpha value is -2.02. The van der Waals surface area contributed by atoms with Crippen molar-refractivity contribution in [1.29, 1.82) is 0 Å². The third-order valence-electron chi connectivity index (χ3n) is 4.17. The molecule has 7 heteroatoms. The fourth-order valence-corrected chi connectivity index (χ4v) is 3.68. The predicted octanol–water partition coefficient (Wildman–Crippen LogP) is 3.09. The molecule has 2 aromatic rings. The maximum atomic E-state index is 12.6. The lowest BCUT2D eigenvalue weighted by Gasteiger charge is -2.32. The molecule has 2 aromatic heterocycles. The summed E-state index contributed by atoms with van der Waals surface area (Å²) in [6, 6.07) is 0. The highest BCUT2D eigenvalue weighted by Gasteiger charge is 2.27. The van der Waals surface area contributed by atoms with Crippen molar-refractivity contribution in [1.82, 2.24) is 15.0 Å². The average Bonchev–Trinajstić information content (AvgIpc) is 3.05. The second-order valence-corrected chi connectivity index (χ2v) is 7.98. The van der Waals surface area contributed by atoms with E-state index >= 15 is 0 Å². The molecule has 1 unspecified atom stereocenters. The van der Waals surface area contributed by atoms with Crippen molar-refractivity contribution in [2.75, 3.05) is 23.3 Å². The van der Waals surface area contributed by atoms with Crippen molar-refractivity contribution in [3.8, 4) is 0 Å². The highest BCUT2D eigenvalue weighted by Crippen LogP contribution is 2.27. The molecule has 0 aliphatic carbocycles. The summed E-state index contributed by atoms with van der Waals surface area (Å²) in [6.45, 7) is 7.94. The maximum absolute atomic E-state index is 12.6. The monoisotopic (exact) mass is 345 g/mol. The van der Waals surface area contributed by atoms with E-state index in [-0.39, 0.29) is 17.2 Å². The number of carbonyl (C=O) groups excluding carboxylic acids is 1. The molecule has 1 atom stereocenters.